The van der Waals surface area contributed by atoms with Crippen molar-refractivity contribution >= 4 is 16.8 Å². The van der Waals surface area contributed by atoms with Crippen LogP contribution in [0, 0.1) is 13.8 Å². The number of carbonyl (C=O) groups is 1. The summed E-state index contributed by atoms with van der Waals surface area (Å²) in [4.78, 5) is 31.7. The maximum absolute atomic E-state index is 13.3. The number of aromatic nitrogens is 5. The normalized spacial score (nSPS) is 14.4. The van der Waals surface area contributed by atoms with Crippen LogP contribution in [0.1, 0.15) is 32.6 Å². The number of ketones is 1. The van der Waals surface area contributed by atoms with Gasteiger partial charge in [-0.25, -0.2) is 4.98 Å². The van der Waals surface area contributed by atoms with E-state index in [9.17, 15) is 4.79 Å². The number of hydrogen-bond acceptors (Lipinski definition) is 8. The Bertz CT molecular complexity index is 1740. The summed E-state index contributed by atoms with van der Waals surface area (Å²) in [5.74, 6) is 1.61. The molecule has 42 heavy (non-hydrogen) atoms. The van der Waals surface area contributed by atoms with Gasteiger partial charge in [0.25, 0.3) is 0 Å². The molecule has 1 fully saturated rings. The van der Waals surface area contributed by atoms with Crippen molar-refractivity contribution in [2.24, 2.45) is 7.05 Å². The van der Waals surface area contributed by atoms with Crippen LogP contribution in [0.5, 0.6) is 11.6 Å². The van der Waals surface area contributed by atoms with Gasteiger partial charge in [0.15, 0.2) is 17.3 Å². The van der Waals surface area contributed by atoms with Crippen molar-refractivity contribution in [2.75, 3.05) is 33.2 Å². The van der Waals surface area contributed by atoms with Crippen molar-refractivity contribution in [3.8, 4) is 23.0 Å². The molecule has 0 saturated carbocycles. The molecular formula is C33H35N7O2. The Labute approximate surface area is 245 Å². The molecule has 0 N–H and O–H groups in total. The lowest BCUT2D eigenvalue weighted by molar-refractivity contribution is 0.0993. The van der Waals surface area contributed by atoms with E-state index < -0.39 is 0 Å². The van der Waals surface area contributed by atoms with Gasteiger partial charge in [0.1, 0.15) is 11.1 Å². The van der Waals surface area contributed by atoms with Gasteiger partial charge in [0.2, 0.25) is 5.88 Å². The molecular weight excluding hydrogens is 526 g/mol. The van der Waals surface area contributed by atoms with E-state index in [1.54, 1.807) is 17.1 Å². The maximum atomic E-state index is 13.3. The van der Waals surface area contributed by atoms with E-state index in [1.807, 2.05) is 62.6 Å². The number of Topliss-reactive ketones (excluding diaryl/α,β-unsaturated/α-hetero) is 1. The van der Waals surface area contributed by atoms with Gasteiger partial charge >= 0.3 is 0 Å². The summed E-state index contributed by atoms with van der Waals surface area (Å²) < 4.78 is 8.09. The minimum absolute atomic E-state index is 0.0783. The Balaban J connectivity index is 1.21. The van der Waals surface area contributed by atoms with Crippen molar-refractivity contribution in [1.29, 1.82) is 0 Å². The highest BCUT2D eigenvalue weighted by Crippen LogP contribution is 2.32. The minimum atomic E-state index is 0.0783. The lowest BCUT2D eigenvalue weighted by Crippen LogP contribution is -2.43. The van der Waals surface area contributed by atoms with E-state index in [0.29, 0.717) is 28.5 Å². The van der Waals surface area contributed by atoms with Gasteiger partial charge in [0.05, 0.1) is 0 Å². The van der Waals surface area contributed by atoms with Gasteiger partial charge in [-0.1, -0.05) is 24.3 Å². The van der Waals surface area contributed by atoms with Crippen molar-refractivity contribution in [1.82, 2.24) is 34.5 Å². The molecule has 9 heteroatoms. The second-order valence-corrected chi connectivity index (χ2v) is 11.2. The molecule has 214 valence electrons. The van der Waals surface area contributed by atoms with Crippen molar-refractivity contribution in [3.63, 3.8) is 0 Å². The summed E-state index contributed by atoms with van der Waals surface area (Å²) in [7, 11) is 4.01. The minimum Gasteiger partial charge on any atom is -0.438 e. The highest BCUT2D eigenvalue weighted by molar-refractivity contribution is 5.97. The fourth-order valence-corrected chi connectivity index (χ4v) is 5.24. The zero-order valence-corrected chi connectivity index (χ0v) is 24.5. The molecule has 0 bridgehead atoms. The summed E-state index contributed by atoms with van der Waals surface area (Å²) in [5.41, 5.74) is 6.29. The molecule has 3 aromatic heterocycles. The third kappa shape index (κ3) is 6.07. The summed E-state index contributed by atoms with van der Waals surface area (Å²) in [6.45, 7) is 9.32. The van der Waals surface area contributed by atoms with E-state index >= 15 is 0 Å². The van der Waals surface area contributed by atoms with E-state index in [0.717, 1.165) is 60.5 Å². The van der Waals surface area contributed by atoms with Crippen LogP contribution in [0.3, 0.4) is 0 Å². The Morgan fingerprint density at radius 3 is 2.55 bits per heavy atom. The largest absolute Gasteiger partial charge is 0.438 e. The summed E-state index contributed by atoms with van der Waals surface area (Å²) >= 11 is 0. The number of aryl methyl sites for hydroxylation is 3. The molecule has 5 aromatic rings. The second-order valence-electron chi connectivity index (χ2n) is 11.2. The SMILES string of the molecule is Cc1cc(C(=O)Cc2ccc(C)c(Oc3nc(-c4cccnc4)nc4nn(C)cc34)c2)ccc1CN1CCN(C)CC1. The molecule has 1 aliphatic heterocycles. The number of pyridine rings is 1. The number of hydrogen-bond donors (Lipinski definition) is 0. The predicted molar refractivity (Wildman–Crippen MR) is 163 cm³/mol. The van der Waals surface area contributed by atoms with Crippen LogP contribution < -0.4 is 4.74 Å². The molecule has 1 saturated heterocycles. The van der Waals surface area contributed by atoms with Crippen molar-refractivity contribution in [2.45, 2.75) is 26.8 Å². The molecule has 0 atom stereocenters. The standard InChI is InChI=1S/C33H35N7O2/c1-22-7-8-24(17-29(41)25-9-10-27(23(2)16-25)20-40-14-12-38(3)13-15-40)18-30(22)42-33-28-21-39(4)37-32(28)35-31(36-33)26-6-5-11-34-19-26/h5-11,16,18-19,21H,12-15,17,20H2,1-4H3. The fourth-order valence-electron chi connectivity index (χ4n) is 5.24. The highest BCUT2D eigenvalue weighted by atomic mass is 16.5. The van der Waals surface area contributed by atoms with Gasteiger partial charge in [-0.3, -0.25) is 19.4 Å². The quantitative estimate of drug-likeness (QED) is 0.245. The van der Waals surface area contributed by atoms with Crippen LogP contribution in [-0.2, 0) is 20.0 Å². The number of carbonyl (C=O) groups excluding carboxylic acids is 1. The molecule has 1 aliphatic rings. The van der Waals surface area contributed by atoms with Crippen LogP contribution >= 0.6 is 0 Å². The highest BCUT2D eigenvalue weighted by Gasteiger charge is 2.18. The van der Waals surface area contributed by atoms with E-state index in [4.69, 9.17) is 9.72 Å². The monoisotopic (exact) mass is 561 g/mol. The van der Waals surface area contributed by atoms with Gasteiger partial charge in [-0.15, -0.1) is 0 Å². The summed E-state index contributed by atoms with van der Waals surface area (Å²) in [5, 5.41) is 5.19. The van der Waals surface area contributed by atoms with Gasteiger partial charge in [0, 0.05) is 75.9 Å². The molecule has 2 aromatic carbocycles. The number of fused-ring (bicyclic) bond motifs is 1. The number of nitrogens with zero attached hydrogens (tertiary/aromatic N) is 7. The number of ether oxygens (including phenoxy) is 1. The lowest BCUT2D eigenvalue weighted by Gasteiger charge is -2.32. The summed E-state index contributed by atoms with van der Waals surface area (Å²) in [6, 6.07) is 15.7. The van der Waals surface area contributed by atoms with Crippen LogP contribution in [0.4, 0.5) is 0 Å². The Kier molecular flexibility index (Phi) is 7.78. The van der Waals surface area contributed by atoms with Gasteiger partial charge < -0.3 is 9.64 Å². The zero-order chi connectivity index (χ0) is 29.2. The Hall–Kier alpha value is -4.47. The van der Waals surface area contributed by atoms with Crippen LogP contribution in [-0.4, -0.2) is 73.5 Å². The van der Waals surface area contributed by atoms with Crippen molar-refractivity contribution < 1.29 is 9.53 Å². The maximum Gasteiger partial charge on any atom is 0.234 e. The third-order valence-corrected chi connectivity index (χ3v) is 7.86. The molecule has 0 amide bonds. The molecule has 6 rings (SSSR count). The van der Waals surface area contributed by atoms with E-state index in [-0.39, 0.29) is 12.2 Å². The smallest absolute Gasteiger partial charge is 0.234 e. The third-order valence-electron chi connectivity index (χ3n) is 7.86. The topological polar surface area (TPSA) is 89.3 Å². The zero-order valence-electron chi connectivity index (χ0n) is 24.5. The number of likely N-dealkylation sites (N-methyl/N-ethyl adjacent to an activating group) is 1. The molecule has 0 unspecified atom stereocenters. The van der Waals surface area contributed by atoms with Crippen LogP contribution in [0.25, 0.3) is 22.4 Å². The van der Waals surface area contributed by atoms with Gasteiger partial charge in [-0.05, 0) is 67.4 Å². The summed E-state index contributed by atoms with van der Waals surface area (Å²) in [6.07, 6.45) is 5.55. The predicted octanol–water partition coefficient (Wildman–Crippen LogP) is 5.01. The average molecular weight is 562 g/mol. The van der Waals surface area contributed by atoms with E-state index in [2.05, 4.69) is 44.9 Å². The fraction of sp³-hybridized carbons (Fsp3) is 0.303. The lowest BCUT2D eigenvalue weighted by atomic mass is 9.98. The van der Waals surface area contributed by atoms with E-state index in [1.165, 1.54) is 5.56 Å². The Morgan fingerprint density at radius 2 is 1.79 bits per heavy atom. The first-order chi connectivity index (χ1) is 20.3. The van der Waals surface area contributed by atoms with Crippen LogP contribution in [0.2, 0.25) is 0 Å². The number of piperazine rings is 1. The first-order valence-electron chi connectivity index (χ1n) is 14.2. The first-order valence-corrected chi connectivity index (χ1v) is 14.2. The number of benzene rings is 2. The molecule has 0 spiro atoms. The molecule has 9 nitrogen and oxygen atoms in total. The second kappa shape index (κ2) is 11.8. The average Bonchev–Trinajstić information content (AvgIpc) is 3.38. The molecule has 4 heterocycles. The van der Waals surface area contributed by atoms with Crippen molar-refractivity contribution in [3.05, 3.63) is 94.9 Å². The van der Waals surface area contributed by atoms with Gasteiger partial charge in [-0.2, -0.15) is 10.1 Å². The first kappa shape index (κ1) is 27.7. The molecule has 0 aliphatic carbocycles. The Morgan fingerprint density at radius 1 is 0.952 bits per heavy atom. The number of rotatable bonds is 8. The molecule has 0 radical (unpaired) electrons. The van der Waals surface area contributed by atoms with Crippen LogP contribution in [0.15, 0.2) is 67.1 Å².